The average Bonchev–Trinajstić information content (AvgIpc) is 3.46. The number of hydrogen-bond acceptors (Lipinski definition) is 5. The molecule has 0 unspecified atom stereocenters. The first-order valence-electron chi connectivity index (χ1n) is 15.1. The number of rotatable bonds is 12. The molecule has 3 aromatic carbocycles. The highest BCUT2D eigenvalue weighted by atomic mass is 32.1. The Morgan fingerprint density at radius 3 is 2.34 bits per heavy atom. The highest BCUT2D eigenvalue weighted by Gasteiger charge is 2.34. The van der Waals surface area contributed by atoms with Gasteiger partial charge >= 0.3 is 6.18 Å². The van der Waals surface area contributed by atoms with Gasteiger partial charge in [-0.2, -0.15) is 18.4 Å². The van der Waals surface area contributed by atoms with E-state index < -0.39 is 17.8 Å². The lowest BCUT2D eigenvalue weighted by Crippen LogP contribution is -2.49. The summed E-state index contributed by atoms with van der Waals surface area (Å²) in [6, 6.07) is 21.8. The van der Waals surface area contributed by atoms with E-state index in [2.05, 4.69) is 21.7 Å². The summed E-state index contributed by atoms with van der Waals surface area (Å²) in [5, 5.41) is 15.6. The number of hydrogen-bond donors (Lipinski definition) is 2. The maximum absolute atomic E-state index is 13.9. The number of thiocarbonyl (C=S) groups is 1. The van der Waals surface area contributed by atoms with Crippen LogP contribution >= 0.6 is 12.2 Å². The van der Waals surface area contributed by atoms with E-state index in [1.165, 1.54) is 12.1 Å². The Morgan fingerprint density at radius 1 is 1.04 bits per heavy atom. The monoisotopic (exact) mass is 661 g/mol. The molecular weight excluding hydrogens is 623 g/mol. The summed E-state index contributed by atoms with van der Waals surface area (Å²) in [5.74, 6) is -0.316. The number of carbonyl (C=O) groups excluding carboxylic acids is 1. The Morgan fingerprint density at radius 2 is 1.72 bits per heavy atom. The first-order chi connectivity index (χ1) is 22.3. The number of halogens is 3. The van der Waals surface area contributed by atoms with Crippen molar-refractivity contribution in [2.75, 3.05) is 30.9 Å². The van der Waals surface area contributed by atoms with Gasteiger partial charge in [0.15, 0.2) is 5.11 Å². The van der Waals surface area contributed by atoms with E-state index in [1.807, 2.05) is 73.8 Å². The van der Waals surface area contributed by atoms with Crippen molar-refractivity contribution in [2.45, 2.75) is 45.6 Å². The van der Waals surface area contributed by atoms with Gasteiger partial charge in [0.05, 0.1) is 29.9 Å². The van der Waals surface area contributed by atoms with Crippen LogP contribution in [0.4, 0.5) is 24.5 Å². The molecule has 1 heterocycles. The molecule has 0 radical (unpaired) electrons. The van der Waals surface area contributed by atoms with E-state index >= 15 is 0 Å². The number of anilines is 2. The van der Waals surface area contributed by atoms with E-state index in [0.29, 0.717) is 23.5 Å². The highest BCUT2D eigenvalue weighted by molar-refractivity contribution is 7.80. The van der Waals surface area contributed by atoms with E-state index in [-0.39, 0.29) is 42.0 Å². The first kappa shape index (κ1) is 35.0. The molecule has 8 nitrogen and oxygen atoms in total. The number of alkyl halides is 3. The smallest absolute Gasteiger partial charge is 0.378 e. The van der Waals surface area contributed by atoms with Crippen molar-refractivity contribution in [3.8, 4) is 6.07 Å². The molecule has 0 aliphatic carbocycles. The number of benzene rings is 3. The molecule has 1 aromatic heterocycles. The van der Waals surface area contributed by atoms with Gasteiger partial charge in [-0.15, -0.1) is 0 Å². The van der Waals surface area contributed by atoms with Gasteiger partial charge in [-0.1, -0.05) is 44.2 Å². The minimum Gasteiger partial charge on any atom is -0.378 e. The Bertz CT molecular complexity index is 1690. The molecule has 0 saturated carbocycles. The molecule has 0 saturated heterocycles. The van der Waals surface area contributed by atoms with Crippen LogP contribution in [0.5, 0.6) is 0 Å². The van der Waals surface area contributed by atoms with E-state index in [4.69, 9.17) is 17.5 Å². The van der Waals surface area contributed by atoms with Crippen molar-refractivity contribution in [2.24, 2.45) is 5.92 Å². The zero-order chi connectivity index (χ0) is 34.1. The summed E-state index contributed by atoms with van der Waals surface area (Å²) in [5.41, 5.74) is 3.23. The summed E-state index contributed by atoms with van der Waals surface area (Å²) in [6.07, 6.45) is -1.20. The normalized spacial score (nSPS) is 11.9. The van der Waals surface area contributed by atoms with E-state index in [0.717, 1.165) is 17.3 Å². The summed E-state index contributed by atoms with van der Waals surface area (Å²) < 4.78 is 43.7. The Balaban J connectivity index is 1.52. The van der Waals surface area contributed by atoms with Gasteiger partial charge in [-0.25, -0.2) is 4.98 Å². The number of nitriles is 1. The third-order valence-electron chi connectivity index (χ3n) is 7.75. The van der Waals surface area contributed by atoms with Crippen LogP contribution in [0.1, 0.15) is 41.8 Å². The Labute approximate surface area is 278 Å². The molecule has 0 aliphatic rings. The van der Waals surface area contributed by atoms with Crippen LogP contribution in [0, 0.1) is 17.2 Å². The standard InChI is InChI=1S/C35H38F3N7OS/c1-24(2)32(42-33(46)17-30-19-40-23-45(30)20-26-11-9-25(18-39)10-12-26)22-44(21-27-7-5-6-8-31(27)35(36,37)38)34(47)41-28-13-15-29(16-14-28)43(3)4/h5-16,19,23-24,32H,17,20-22H2,1-4H3,(H,41,47)(H,42,46)/t32-/m1/s1. The quantitative estimate of drug-likeness (QED) is 0.168. The predicted molar refractivity (Wildman–Crippen MR) is 182 cm³/mol. The molecule has 246 valence electrons. The van der Waals surface area contributed by atoms with Gasteiger partial charge in [0, 0.05) is 63.0 Å². The topological polar surface area (TPSA) is 89.2 Å². The van der Waals surface area contributed by atoms with Crippen LogP contribution in [0.3, 0.4) is 0 Å². The van der Waals surface area contributed by atoms with Crippen molar-refractivity contribution in [1.82, 2.24) is 19.8 Å². The van der Waals surface area contributed by atoms with Gasteiger partial charge in [-0.3, -0.25) is 4.79 Å². The van der Waals surface area contributed by atoms with Gasteiger partial charge in [0.2, 0.25) is 5.91 Å². The molecule has 0 bridgehead atoms. The number of amides is 1. The van der Waals surface area contributed by atoms with Gasteiger partial charge in [0.1, 0.15) is 0 Å². The van der Waals surface area contributed by atoms with Crippen molar-refractivity contribution < 1.29 is 18.0 Å². The lowest BCUT2D eigenvalue weighted by atomic mass is 10.0. The van der Waals surface area contributed by atoms with E-state index in [9.17, 15) is 18.0 Å². The second-order valence-electron chi connectivity index (χ2n) is 11.8. The number of nitrogens with one attached hydrogen (secondary N) is 2. The molecule has 4 rings (SSSR count). The fraction of sp³-hybridized carbons (Fsp3) is 0.314. The van der Waals surface area contributed by atoms with Gasteiger partial charge < -0.3 is 25.0 Å². The number of carbonyl (C=O) groups is 1. The van der Waals surface area contributed by atoms with Crippen molar-refractivity contribution in [1.29, 1.82) is 5.26 Å². The second-order valence-corrected chi connectivity index (χ2v) is 12.2. The average molecular weight is 662 g/mol. The van der Waals surface area contributed by atoms with Gasteiger partial charge in [-0.05, 0) is 71.7 Å². The first-order valence-corrected chi connectivity index (χ1v) is 15.5. The number of aromatic nitrogens is 2. The molecule has 0 aliphatic heterocycles. The van der Waals surface area contributed by atoms with Crippen molar-refractivity contribution in [3.05, 3.63) is 113 Å². The third kappa shape index (κ3) is 9.80. The summed E-state index contributed by atoms with van der Waals surface area (Å²) in [7, 11) is 3.85. The lowest BCUT2D eigenvalue weighted by molar-refractivity contribution is -0.138. The summed E-state index contributed by atoms with van der Waals surface area (Å²) >= 11 is 5.77. The molecule has 4 aromatic rings. The minimum atomic E-state index is -4.54. The molecule has 1 atom stereocenters. The van der Waals surface area contributed by atoms with Crippen molar-refractivity contribution in [3.63, 3.8) is 0 Å². The number of nitrogens with zero attached hydrogens (tertiary/aromatic N) is 5. The van der Waals surface area contributed by atoms with Crippen molar-refractivity contribution >= 4 is 34.6 Å². The zero-order valence-electron chi connectivity index (χ0n) is 26.8. The summed E-state index contributed by atoms with van der Waals surface area (Å²) in [6.45, 7) is 4.41. The van der Waals surface area contributed by atoms with Crippen LogP contribution < -0.4 is 15.5 Å². The number of imidazole rings is 1. The maximum Gasteiger partial charge on any atom is 0.416 e. The molecular formula is C35H38F3N7OS. The molecule has 0 spiro atoms. The van der Waals surface area contributed by atoms with Crippen LogP contribution in [-0.2, 0) is 30.5 Å². The van der Waals surface area contributed by atoms with Crippen LogP contribution in [0.15, 0.2) is 85.3 Å². The van der Waals surface area contributed by atoms with Crippen LogP contribution in [-0.4, -0.2) is 52.2 Å². The Hall–Kier alpha value is -4.89. The largest absolute Gasteiger partial charge is 0.416 e. The fourth-order valence-electron chi connectivity index (χ4n) is 5.01. The summed E-state index contributed by atoms with van der Waals surface area (Å²) in [4.78, 5) is 21.2. The molecule has 0 fully saturated rings. The molecule has 2 N–H and O–H groups in total. The zero-order valence-corrected chi connectivity index (χ0v) is 27.6. The van der Waals surface area contributed by atoms with Crippen LogP contribution in [0.25, 0.3) is 0 Å². The maximum atomic E-state index is 13.9. The van der Waals surface area contributed by atoms with E-state index in [1.54, 1.807) is 35.6 Å². The fourth-order valence-corrected chi connectivity index (χ4v) is 5.26. The lowest BCUT2D eigenvalue weighted by Gasteiger charge is -2.33. The highest BCUT2D eigenvalue weighted by Crippen LogP contribution is 2.32. The second kappa shape index (κ2) is 15.6. The Kier molecular flexibility index (Phi) is 11.6. The molecule has 1 amide bonds. The van der Waals surface area contributed by atoms with Crippen LogP contribution in [0.2, 0.25) is 0 Å². The van der Waals surface area contributed by atoms with Gasteiger partial charge in [0.25, 0.3) is 0 Å². The predicted octanol–water partition coefficient (Wildman–Crippen LogP) is 6.47. The SMILES string of the molecule is CC(C)[C@@H](CN(Cc1ccccc1C(F)(F)F)C(=S)Nc1ccc(N(C)C)cc1)NC(=O)Cc1cncn1Cc1ccc(C#N)cc1. The molecule has 47 heavy (non-hydrogen) atoms. The minimum absolute atomic E-state index is 0.0529. The molecule has 12 heteroatoms. The third-order valence-corrected chi connectivity index (χ3v) is 8.11.